The number of amides is 1. The third kappa shape index (κ3) is 4.36. The standard InChI is InChI=1S/C21H22FN3O3/c1-2-3-8-13-25-17-11-6-4-9-15(17)20(21(25)27)24-23-19(26)14-28-18-12-7-5-10-16(18)22/h4-7,9-12,27H,2-3,8,13-14H2,1H3. The number of aromatic hydroxyl groups is 1. The molecular weight excluding hydrogens is 361 g/mol. The third-order valence-corrected chi connectivity index (χ3v) is 4.35. The fourth-order valence-corrected chi connectivity index (χ4v) is 2.95. The number of benzene rings is 2. The van der Waals surface area contributed by atoms with Gasteiger partial charge in [0.2, 0.25) is 5.88 Å². The average molecular weight is 383 g/mol. The van der Waals surface area contributed by atoms with Crippen LogP contribution in [0.5, 0.6) is 11.6 Å². The number of fused-ring (bicyclic) bond motifs is 1. The van der Waals surface area contributed by atoms with Crippen LogP contribution in [0.1, 0.15) is 26.2 Å². The fourth-order valence-electron chi connectivity index (χ4n) is 2.95. The predicted molar refractivity (Wildman–Crippen MR) is 105 cm³/mol. The first-order valence-electron chi connectivity index (χ1n) is 9.24. The highest BCUT2D eigenvalue weighted by atomic mass is 19.1. The fraction of sp³-hybridized carbons (Fsp3) is 0.286. The number of unbranched alkanes of at least 4 members (excludes halogenated alkanes) is 2. The first-order chi connectivity index (χ1) is 13.6. The maximum atomic E-state index is 13.5. The van der Waals surface area contributed by atoms with Crippen LogP contribution in [0.4, 0.5) is 10.1 Å². The Hall–Kier alpha value is -3.22. The van der Waals surface area contributed by atoms with Crippen LogP contribution in [0.3, 0.4) is 0 Å². The van der Waals surface area contributed by atoms with Crippen LogP contribution in [0.2, 0.25) is 0 Å². The van der Waals surface area contributed by atoms with Gasteiger partial charge in [0, 0.05) is 11.9 Å². The molecule has 6 nitrogen and oxygen atoms in total. The van der Waals surface area contributed by atoms with Crippen molar-refractivity contribution in [3.05, 3.63) is 54.3 Å². The monoisotopic (exact) mass is 383 g/mol. The summed E-state index contributed by atoms with van der Waals surface area (Å²) >= 11 is 0. The molecule has 0 atom stereocenters. The number of carbonyl (C=O) groups excluding carboxylic acids is 1. The molecule has 0 aliphatic carbocycles. The first-order valence-corrected chi connectivity index (χ1v) is 9.24. The second kappa shape index (κ2) is 9.12. The molecule has 0 aliphatic heterocycles. The van der Waals surface area contributed by atoms with Gasteiger partial charge in [-0.05, 0) is 24.6 Å². The lowest BCUT2D eigenvalue weighted by Gasteiger charge is -2.05. The molecule has 1 N–H and O–H groups in total. The Kier molecular flexibility index (Phi) is 6.37. The second-order valence-corrected chi connectivity index (χ2v) is 6.36. The molecule has 0 spiro atoms. The molecule has 7 heteroatoms. The molecule has 1 aromatic heterocycles. The Morgan fingerprint density at radius 2 is 1.89 bits per heavy atom. The number of aryl methyl sites for hydroxylation is 1. The van der Waals surface area contributed by atoms with Crippen molar-refractivity contribution in [2.45, 2.75) is 32.7 Å². The predicted octanol–water partition coefficient (Wildman–Crippen LogP) is 5.37. The molecule has 0 fully saturated rings. The molecule has 3 aromatic rings. The van der Waals surface area contributed by atoms with Crippen LogP contribution < -0.4 is 4.74 Å². The third-order valence-electron chi connectivity index (χ3n) is 4.35. The van der Waals surface area contributed by atoms with E-state index >= 15 is 0 Å². The molecule has 3 rings (SSSR count). The zero-order chi connectivity index (χ0) is 19.9. The van der Waals surface area contributed by atoms with Crippen LogP contribution in [0.25, 0.3) is 10.9 Å². The normalized spacial score (nSPS) is 11.4. The van der Waals surface area contributed by atoms with Crippen LogP contribution >= 0.6 is 0 Å². The summed E-state index contributed by atoms with van der Waals surface area (Å²) in [6, 6.07) is 13.2. The number of ether oxygens (including phenoxy) is 1. The molecule has 0 saturated carbocycles. The van der Waals surface area contributed by atoms with Crippen LogP contribution in [-0.2, 0) is 11.3 Å². The van der Waals surface area contributed by atoms with Crippen molar-refractivity contribution >= 4 is 22.5 Å². The Bertz CT molecular complexity index is 998. The van der Waals surface area contributed by atoms with Crippen molar-refractivity contribution in [2.75, 3.05) is 6.61 Å². The van der Waals surface area contributed by atoms with Crippen LogP contribution in [0.15, 0.2) is 58.8 Å². The maximum absolute atomic E-state index is 13.5. The lowest BCUT2D eigenvalue weighted by Crippen LogP contribution is -2.08. The number of rotatable bonds is 8. The number of nitrogens with zero attached hydrogens (tertiary/aromatic N) is 3. The van der Waals surface area contributed by atoms with Crippen LogP contribution in [0, 0.1) is 5.82 Å². The lowest BCUT2D eigenvalue weighted by atomic mass is 10.2. The van der Waals surface area contributed by atoms with Gasteiger partial charge in [-0.25, -0.2) is 4.39 Å². The quantitative estimate of drug-likeness (QED) is 0.420. The van der Waals surface area contributed by atoms with E-state index in [0.29, 0.717) is 11.9 Å². The second-order valence-electron chi connectivity index (χ2n) is 6.36. The number of para-hydroxylation sites is 2. The summed E-state index contributed by atoms with van der Waals surface area (Å²) in [6.07, 6.45) is 3.05. The molecule has 28 heavy (non-hydrogen) atoms. The van der Waals surface area contributed by atoms with Gasteiger partial charge >= 0.3 is 5.91 Å². The van der Waals surface area contributed by atoms with Crippen molar-refractivity contribution in [3.8, 4) is 11.6 Å². The Morgan fingerprint density at radius 1 is 1.14 bits per heavy atom. The van der Waals surface area contributed by atoms with E-state index in [-0.39, 0.29) is 17.3 Å². The van der Waals surface area contributed by atoms with Gasteiger partial charge in [-0.15, -0.1) is 10.2 Å². The van der Waals surface area contributed by atoms with Gasteiger partial charge in [0.25, 0.3) is 0 Å². The van der Waals surface area contributed by atoms with Gasteiger partial charge < -0.3 is 14.4 Å². The summed E-state index contributed by atoms with van der Waals surface area (Å²) in [5, 5.41) is 18.9. The molecule has 0 radical (unpaired) electrons. The van der Waals surface area contributed by atoms with Crippen molar-refractivity contribution in [1.29, 1.82) is 0 Å². The molecule has 1 heterocycles. The van der Waals surface area contributed by atoms with E-state index < -0.39 is 18.3 Å². The summed E-state index contributed by atoms with van der Waals surface area (Å²) in [5.41, 5.74) is 1.08. The summed E-state index contributed by atoms with van der Waals surface area (Å²) in [6.45, 7) is 2.32. The number of carbonyl (C=O) groups is 1. The summed E-state index contributed by atoms with van der Waals surface area (Å²) in [7, 11) is 0. The van der Waals surface area contributed by atoms with E-state index in [1.165, 1.54) is 18.2 Å². The highest BCUT2D eigenvalue weighted by molar-refractivity contribution is 5.95. The molecule has 0 bridgehead atoms. The van der Waals surface area contributed by atoms with E-state index in [9.17, 15) is 14.3 Å². The molecule has 0 saturated heterocycles. The van der Waals surface area contributed by atoms with Gasteiger partial charge in [-0.3, -0.25) is 4.79 Å². The Morgan fingerprint density at radius 3 is 2.68 bits per heavy atom. The number of azo groups is 1. The maximum Gasteiger partial charge on any atom is 0.302 e. The van der Waals surface area contributed by atoms with Gasteiger partial charge in [0.15, 0.2) is 23.9 Å². The minimum atomic E-state index is -0.675. The van der Waals surface area contributed by atoms with Crippen molar-refractivity contribution in [2.24, 2.45) is 10.2 Å². The van der Waals surface area contributed by atoms with Gasteiger partial charge in [-0.1, -0.05) is 50.1 Å². The zero-order valence-electron chi connectivity index (χ0n) is 15.6. The number of hydrogen-bond acceptors (Lipinski definition) is 4. The number of hydrogen-bond donors (Lipinski definition) is 1. The molecule has 0 unspecified atom stereocenters. The van der Waals surface area contributed by atoms with Gasteiger partial charge in [-0.2, -0.15) is 0 Å². The minimum absolute atomic E-state index is 0.0242. The minimum Gasteiger partial charge on any atom is -0.493 e. The molecular formula is C21H22FN3O3. The number of aromatic nitrogens is 1. The van der Waals surface area contributed by atoms with E-state index in [2.05, 4.69) is 17.2 Å². The summed E-state index contributed by atoms with van der Waals surface area (Å²) < 4.78 is 20.4. The first kappa shape index (κ1) is 19.5. The largest absolute Gasteiger partial charge is 0.493 e. The molecule has 2 aromatic carbocycles. The van der Waals surface area contributed by atoms with E-state index in [1.807, 2.05) is 24.3 Å². The topological polar surface area (TPSA) is 76.2 Å². The van der Waals surface area contributed by atoms with Crippen LogP contribution in [-0.4, -0.2) is 22.2 Å². The van der Waals surface area contributed by atoms with Gasteiger partial charge in [0.1, 0.15) is 0 Å². The molecule has 146 valence electrons. The zero-order valence-corrected chi connectivity index (χ0v) is 15.6. The summed E-state index contributed by atoms with van der Waals surface area (Å²) in [4.78, 5) is 12.0. The molecule has 0 aliphatic rings. The Balaban J connectivity index is 1.76. The van der Waals surface area contributed by atoms with E-state index in [4.69, 9.17) is 4.74 Å². The average Bonchev–Trinajstić information content (AvgIpc) is 2.97. The van der Waals surface area contributed by atoms with E-state index in [1.54, 1.807) is 10.6 Å². The highest BCUT2D eigenvalue weighted by Crippen LogP contribution is 2.39. The Labute approximate surface area is 162 Å². The van der Waals surface area contributed by atoms with Crippen molar-refractivity contribution < 1.29 is 19.0 Å². The smallest absolute Gasteiger partial charge is 0.302 e. The lowest BCUT2D eigenvalue weighted by molar-refractivity contribution is -0.120. The van der Waals surface area contributed by atoms with E-state index in [0.717, 1.165) is 24.8 Å². The van der Waals surface area contributed by atoms with Crippen molar-refractivity contribution in [1.82, 2.24) is 4.57 Å². The summed E-state index contributed by atoms with van der Waals surface area (Å²) in [5.74, 6) is -1.28. The molecule has 1 amide bonds. The highest BCUT2D eigenvalue weighted by Gasteiger charge is 2.16. The SMILES string of the molecule is CCCCCn1c(O)c(N=NC(=O)COc2ccccc2F)c2ccccc21. The van der Waals surface area contributed by atoms with Gasteiger partial charge in [0.05, 0.1) is 5.52 Å². The van der Waals surface area contributed by atoms with Crippen molar-refractivity contribution in [3.63, 3.8) is 0 Å². The number of halogens is 1.